The van der Waals surface area contributed by atoms with Crippen molar-refractivity contribution in [1.29, 1.82) is 0 Å². The summed E-state index contributed by atoms with van der Waals surface area (Å²) in [5, 5.41) is 7.05. The molecule has 1 aromatic heterocycles. The van der Waals surface area contributed by atoms with Crippen molar-refractivity contribution in [2.75, 3.05) is 7.05 Å². The molecule has 0 fully saturated rings. The number of thiazole rings is 1. The molecule has 0 aliphatic rings. The lowest BCUT2D eigenvalue weighted by Crippen LogP contribution is -2.35. The van der Waals surface area contributed by atoms with Gasteiger partial charge in [0, 0.05) is 23.3 Å². The van der Waals surface area contributed by atoms with Crippen LogP contribution in [0.1, 0.15) is 71.0 Å². The minimum absolute atomic E-state index is 0.163. The summed E-state index contributed by atoms with van der Waals surface area (Å²) in [6, 6.07) is 0.564. The third kappa shape index (κ3) is 5.17. The van der Waals surface area contributed by atoms with E-state index in [9.17, 15) is 0 Å². The molecule has 0 aliphatic carbocycles. The summed E-state index contributed by atoms with van der Waals surface area (Å²) in [6.45, 7) is 11.3. The fourth-order valence-electron chi connectivity index (χ4n) is 2.73. The van der Waals surface area contributed by atoms with Crippen LogP contribution in [0.15, 0.2) is 5.38 Å². The van der Waals surface area contributed by atoms with Crippen molar-refractivity contribution in [3.8, 4) is 0 Å². The highest BCUT2D eigenvalue weighted by Gasteiger charge is 2.22. The number of rotatable bonds is 8. The van der Waals surface area contributed by atoms with Crippen LogP contribution in [0.5, 0.6) is 0 Å². The Morgan fingerprint density at radius 3 is 2.20 bits per heavy atom. The highest BCUT2D eigenvalue weighted by molar-refractivity contribution is 7.09. The third-order valence-electron chi connectivity index (χ3n) is 3.97. The second-order valence-corrected chi connectivity index (χ2v) is 7.76. The maximum atomic E-state index is 4.85. The average Bonchev–Trinajstić information content (AvgIpc) is 2.84. The summed E-state index contributed by atoms with van der Waals surface area (Å²) < 4.78 is 0. The Bertz CT molecular complexity index is 373. The molecule has 20 heavy (non-hydrogen) atoms. The largest absolute Gasteiger partial charge is 0.316 e. The lowest BCUT2D eigenvalue weighted by atomic mass is 9.88. The molecule has 1 atom stereocenters. The Morgan fingerprint density at radius 2 is 1.80 bits per heavy atom. The average molecular weight is 297 g/mol. The summed E-state index contributed by atoms with van der Waals surface area (Å²) in [6.07, 6.45) is 6.25. The molecule has 0 saturated heterocycles. The quantitative estimate of drug-likeness (QED) is 0.746. The van der Waals surface area contributed by atoms with E-state index in [0.717, 1.165) is 12.3 Å². The van der Waals surface area contributed by atoms with Crippen LogP contribution in [0.2, 0.25) is 0 Å². The first-order chi connectivity index (χ1) is 9.42. The van der Waals surface area contributed by atoms with Gasteiger partial charge in [0.1, 0.15) is 0 Å². The number of nitrogens with zero attached hydrogens (tertiary/aromatic N) is 1. The van der Waals surface area contributed by atoms with Crippen molar-refractivity contribution in [2.24, 2.45) is 5.92 Å². The summed E-state index contributed by atoms with van der Waals surface area (Å²) in [4.78, 5) is 4.85. The van der Waals surface area contributed by atoms with Crippen molar-refractivity contribution < 1.29 is 0 Å². The zero-order chi connectivity index (χ0) is 15.2. The standard InChI is InChI=1S/C17H32N2S/c1-7-9-13(10-8-2)14(18-6)11-16-19-15(12-20-16)17(3,4)5/h12-14,18H,7-11H2,1-6H3. The number of aromatic nitrogens is 1. The number of nitrogens with one attached hydrogen (secondary N) is 1. The molecule has 0 aromatic carbocycles. The van der Waals surface area contributed by atoms with Gasteiger partial charge >= 0.3 is 0 Å². The Morgan fingerprint density at radius 1 is 1.20 bits per heavy atom. The van der Waals surface area contributed by atoms with E-state index < -0.39 is 0 Å². The van der Waals surface area contributed by atoms with Gasteiger partial charge < -0.3 is 5.32 Å². The normalized spacial score (nSPS) is 13.9. The van der Waals surface area contributed by atoms with Crippen LogP contribution in [0.4, 0.5) is 0 Å². The fourth-order valence-corrected chi connectivity index (χ4v) is 3.81. The lowest BCUT2D eigenvalue weighted by molar-refractivity contribution is 0.322. The maximum Gasteiger partial charge on any atom is 0.0944 e. The first-order valence-corrected chi connectivity index (χ1v) is 8.92. The molecule has 0 aliphatic heterocycles. The molecule has 0 amide bonds. The van der Waals surface area contributed by atoms with E-state index in [1.807, 2.05) is 11.3 Å². The van der Waals surface area contributed by atoms with Crippen LogP contribution in [-0.4, -0.2) is 18.1 Å². The Balaban J connectivity index is 2.74. The molecule has 3 heteroatoms. The van der Waals surface area contributed by atoms with E-state index in [1.54, 1.807) is 0 Å². The van der Waals surface area contributed by atoms with E-state index >= 15 is 0 Å². The predicted molar refractivity (Wildman–Crippen MR) is 90.7 cm³/mol. The van der Waals surface area contributed by atoms with Crippen molar-refractivity contribution in [3.05, 3.63) is 16.1 Å². The van der Waals surface area contributed by atoms with Gasteiger partial charge in [0.15, 0.2) is 0 Å². The summed E-state index contributed by atoms with van der Waals surface area (Å²) in [5.41, 5.74) is 1.39. The highest BCUT2D eigenvalue weighted by Crippen LogP contribution is 2.26. The molecular weight excluding hydrogens is 264 g/mol. The zero-order valence-corrected chi connectivity index (χ0v) is 14.9. The maximum absolute atomic E-state index is 4.85. The van der Waals surface area contributed by atoms with Crippen molar-refractivity contribution in [3.63, 3.8) is 0 Å². The third-order valence-corrected chi connectivity index (χ3v) is 4.84. The van der Waals surface area contributed by atoms with Crippen LogP contribution in [-0.2, 0) is 11.8 Å². The first-order valence-electron chi connectivity index (χ1n) is 8.04. The summed E-state index contributed by atoms with van der Waals surface area (Å²) >= 11 is 1.82. The van der Waals surface area contributed by atoms with Crippen LogP contribution in [0, 0.1) is 5.92 Å². The molecule has 1 rings (SSSR count). The van der Waals surface area contributed by atoms with E-state index in [1.165, 1.54) is 36.4 Å². The van der Waals surface area contributed by atoms with E-state index in [2.05, 4.69) is 52.4 Å². The van der Waals surface area contributed by atoms with Crippen LogP contribution < -0.4 is 5.32 Å². The second-order valence-electron chi connectivity index (χ2n) is 6.81. The Labute approximate surface area is 129 Å². The van der Waals surface area contributed by atoms with E-state index in [0.29, 0.717) is 6.04 Å². The molecule has 2 nitrogen and oxygen atoms in total. The van der Waals surface area contributed by atoms with Crippen molar-refractivity contribution >= 4 is 11.3 Å². The van der Waals surface area contributed by atoms with Gasteiger partial charge in [0.25, 0.3) is 0 Å². The van der Waals surface area contributed by atoms with Gasteiger partial charge in [-0.1, -0.05) is 47.5 Å². The molecule has 1 aromatic rings. The second kappa shape index (κ2) is 8.14. The minimum atomic E-state index is 0.163. The molecule has 0 bridgehead atoms. The molecule has 0 saturated carbocycles. The lowest BCUT2D eigenvalue weighted by Gasteiger charge is -2.26. The van der Waals surface area contributed by atoms with Crippen molar-refractivity contribution in [2.45, 2.75) is 78.2 Å². The molecule has 1 unspecified atom stereocenters. The highest BCUT2D eigenvalue weighted by atomic mass is 32.1. The molecule has 1 N–H and O–H groups in total. The van der Waals surface area contributed by atoms with Crippen molar-refractivity contribution in [1.82, 2.24) is 10.3 Å². The summed E-state index contributed by atoms with van der Waals surface area (Å²) in [7, 11) is 2.10. The van der Waals surface area contributed by atoms with E-state index in [4.69, 9.17) is 4.98 Å². The van der Waals surface area contributed by atoms with E-state index in [-0.39, 0.29) is 5.41 Å². The van der Waals surface area contributed by atoms with Gasteiger partial charge in [-0.05, 0) is 25.8 Å². The number of likely N-dealkylation sites (N-methyl/N-ethyl adjacent to an activating group) is 1. The van der Waals surface area contributed by atoms with Crippen LogP contribution in [0.3, 0.4) is 0 Å². The Kier molecular flexibility index (Phi) is 7.18. The van der Waals surface area contributed by atoms with Gasteiger partial charge in [-0.2, -0.15) is 0 Å². The van der Waals surface area contributed by atoms with Gasteiger partial charge in [-0.15, -0.1) is 11.3 Å². The van der Waals surface area contributed by atoms with Gasteiger partial charge in [-0.3, -0.25) is 0 Å². The molecule has 0 radical (unpaired) electrons. The SMILES string of the molecule is CCCC(CCC)C(Cc1nc(C(C)(C)C)cs1)NC. The van der Waals surface area contributed by atoms with Crippen LogP contribution >= 0.6 is 11.3 Å². The zero-order valence-electron chi connectivity index (χ0n) is 14.1. The molecular formula is C17H32N2S. The smallest absolute Gasteiger partial charge is 0.0944 e. The summed E-state index contributed by atoms with van der Waals surface area (Å²) in [5.74, 6) is 0.775. The Hall–Kier alpha value is -0.410. The molecule has 116 valence electrons. The van der Waals surface area contributed by atoms with Gasteiger partial charge in [0.05, 0.1) is 10.7 Å². The fraction of sp³-hybridized carbons (Fsp3) is 0.824. The number of hydrogen-bond donors (Lipinski definition) is 1. The minimum Gasteiger partial charge on any atom is -0.316 e. The topological polar surface area (TPSA) is 24.9 Å². The van der Waals surface area contributed by atoms with Gasteiger partial charge in [0.2, 0.25) is 0 Å². The van der Waals surface area contributed by atoms with Gasteiger partial charge in [-0.25, -0.2) is 4.98 Å². The first kappa shape index (κ1) is 17.6. The molecule has 1 heterocycles. The van der Waals surface area contributed by atoms with Crippen LogP contribution in [0.25, 0.3) is 0 Å². The number of hydrogen-bond acceptors (Lipinski definition) is 3. The molecule has 0 spiro atoms. The predicted octanol–water partition coefficient (Wildman–Crippen LogP) is 4.79. The monoisotopic (exact) mass is 296 g/mol.